The van der Waals surface area contributed by atoms with Gasteiger partial charge in [-0.25, -0.2) is 14.5 Å². The maximum Gasteiger partial charge on any atom is 0.182 e. The monoisotopic (exact) mass is 379 g/mol. The second-order valence-corrected chi connectivity index (χ2v) is 6.93. The Labute approximate surface area is 163 Å². The van der Waals surface area contributed by atoms with E-state index in [9.17, 15) is 0 Å². The van der Waals surface area contributed by atoms with Crippen molar-refractivity contribution >= 4 is 16.7 Å². The molecule has 0 unspecified atom stereocenters. The molecule has 0 atom stereocenters. The van der Waals surface area contributed by atoms with Crippen LogP contribution < -0.4 is 9.47 Å². The molecule has 146 valence electrons. The van der Waals surface area contributed by atoms with Crippen molar-refractivity contribution in [1.82, 2.24) is 24.1 Å². The summed E-state index contributed by atoms with van der Waals surface area (Å²) in [6.45, 7) is 7.45. The van der Waals surface area contributed by atoms with Crippen LogP contribution in [-0.2, 0) is 6.54 Å². The first-order valence-corrected chi connectivity index (χ1v) is 9.52. The summed E-state index contributed by atoms with van der Waals surface area (Å²) in [7, 11) is 3.24. The maximum absolute atomic E-state index is 5.42. The number of nitrogens with zero attached hydrogens (tertiary/aromatic N) is 5. The highest BCUT2D eigenvalue weighted by atomic mass is 16.5. The summed E-state index contributed by atoms with van der Waals surface area (Å²) < 4.78 is 14.8. The van der Waals surface area contributed by atoms with Crippen molar-refractivity contribution in [3.8, 4) is 22.9 Å². The standard InChI is InChI=1S/C21H25N5O2/c1-6-7-10-25-14(3)13(2)18-20(25)22-12-26-21(18)23-19(24-26)15-8-9-16(27-4)17(11-15)28-5/h8-9,11-12H,6-7,10H2,1-5H3. The number of unbranched alkanes of at least 4 members (excludes halogenated alkanes) is 1. The zero-order valence-corrected chi connectivity index (χ0v) is 17.0. The summed E-state index contributed by atoms with van der Waals surface area (Å²) in [6, 6.07) is 5.69. The molecule has 0 bridgehead atoms. The number of fused-ring (bicyclic) bond motifs is 3. The van der Waals surface area contributed by atoms with Gasteiger partial charge < -0.3 is 14.0 Å². The molecule has 3 aromatic heterocycles. The Hall–Kier alpha value is -3.09. The molecule has 0 aliphatic carbocycles. The van der Waals surface area contributed by atoms with Crippen molar-refractivity contribution in [2.45, 2.75) is 40.2 Å². The van der Waals surface area contributed by atoms with E-state index < -0.39 is 0 Å². The van der Waals surface area contributed by atoms with Crippen LogP contribution in [0.4, 0.5) is 0 Å². The minimum atomic E-state index is 0.633. The Kier molecular flexibility index (Phi) is 4.66. The summed E-state index contributed by atoms with van der Waals surface area (Å²) in [5, 5.41) is 5.71. The highest BCUT2D eigenvalue weighted by Crippen LogP contribution is 2.32. The molecular formula is C21H25N5O2. The van der Waals surface area contributed by atoms with Gasteiger partial charge in [0.25, 0.3) is 0 Å². The smallest absolute Gasteiger partial charge is 0.182 e. The van der Waals surface area contributed by atoms with Crippen molar-refractivity contribution in [2.75, 3.05) is 14.2 Å². The van der Waals surface area contributed by atoms with Gasteiger partial charge in [-0.15, -0.1) is 5.10 Å². The molecular weight excluding hydrogens is 354 g/mol. The van der Waals surface area contributed by atoms with E-state index in [4.69, 9.17) is 19.4 Å². The van der Waals surface area contributed by atoms with Crippen molar-refractivity contribution < 1.29 is 9.47 Å². The Morgan fingerprint density at radius 2 is 1.82 bits per heavy atom. The number of aryl methyl sites for hydroxylation is 2. The fraction of sp³-hybridized carbons (Fsp3) is 0.381. The van der Waals surface area contributed by atoms with Crippen LogP contribution in [0.2, 0.25) is 0 Å². The lowest BCUT2D eigenvalue weighted by atomic mass is 10.2. The first-order valence-electron chi connectivity index (χ1n) is 9.52. The normalized spacial score (nSPS) is 11.5. The average Bonchev–Trinajstić information content (AvgIpc) is 3.25. The van der Waals surface area contributed by atoms with Crippen molar-refractivity contribution in [2.24, 2.45) is 0 Å². The third kappa shape index (κ3) is 2.78. The number of rotatable bonds is 6. The van der Waals surface area contributed by atoms with Crippen molar-refractivity contribution in [1.29, 1.82) is 0 Å². The highest BCUT2D eigenvalue weighted by Gasteiger charge is 2.18. The first-order chi connectivity index (χ1) is 13.6. The number of hydrogen-bond donors (Lipinski definition) is 0. The largest absolute Gasteiger partial charge is 0.493 e. The molecule has 7 heteroatoms. The minimum absolute atomic E-state index is 0.633. The molecule has 28 heavy (non-hydrogen) atoms. The van der Waals surface area contributed by atoms with E-state index in [2.05, 4.69) is 30.4 Å². The van der Waals surface area contributed by atoms with E-state index in [0.717, 1.165) is 41.6 Å². The van der Waals surface area contributed by atoms with Gasteiger partial charge in [0.15, 0.2) is 23.0 Å². The zero-order chi connectivity index (χ0) is 19.8. The topological polar surface area (TPSA) is 66.5 Å². The summed E-state index contributed by atoms with van der Waals surface area (Å²) in [4.78, 5) is 9.53. The lowest BCUT2D eigenvalue weighted by molar-refractivity contribution is 0.355. The lowest BCUT2D eigenvalue weighted by Crippen LogP contribution is -2.01. The molecule has 3 heterocycles. The number of hydrogen-bond acceptors (Lipinski definition) is 5. The minimum Gasteiger partial charge on any atom is -0.493 e. The van der Waals surface area contributed by atoms with Crippen LogP contribution in [0.15, 0.2) is 24.5 Å². The third-order valence-corrected chi connectivity index (χ3v) is 5.32. The van der Waals surface area contributed by atoms with Crippen LogP contribution in [0, 0.1) is 13.8 Å². The molecule has 0 amide bonds. The Morgan fingerprint density at radius 3 is 2.54 bits per heavy atom. The molecule has 0 radical (unpaired) electrons. The summed E-state index contributed by atoms with van der Waals surface area (Å²) in [5.74, 6) is 1.96. The fourth-order valence-corrected chi connectivity index (χ4v) is 3.62. The number of ether oxygens (including phenoxy) is 2. The first kappa shape index (κ1) is 18.3. The van der Waals surface area contributed by atoms with E-state index in [1.165, 1.54) is 11.3 Å². The third-order valence-electron chi connectivity index (χ3n) is 5.32. The van der Waals surface area contributed by atoms with Gasteiger partial charge in [-0.3, -0.25) is 0 Å². The van der Waals surface area contributed by atoms with Gasteiger partial charge in [-0.05, 0) is 44.0 Å². The molecule has 4 rings (SSSR count). The fourth-order valence-electron chi connectivity index (χ4n) is 3.62. The van der Waals surface area contributed by atoms with Gasteiger partial charge in [0.05, 0.1) is 19.6 Å². The van der Waals surface area contributed by atoms with E-state index >= 15 is 0 Å². The van der Waals surface area contributed by atoms with E-state index in [1.54, 1.807) is 25.1 Å². The van der Waals surface area contributed by atoms with Gasteiger partial charge >= 0.3 is 0 Å². The van der Waals surface area contributed by atoms with Gasteiger partial charge in [0.2, 0.25) is 0 Å². The second-order valence-electron chi connectivity index (χ2n) is 6.93. The lowest BCUT2D eigenvalue weighted by Gasteiger charge is -2.07. The second kappa shape index (κ2) is 7.14. The Bertz CT molecular complexity index is 1160. The molecule has 0 N–H and O–H groups in total. The molecule has 0 spiro atoms. The predicted molar refractivity (Wildman–Crippen MR) is 109 cm³/mol. The molecule has 1 aromatic carbocycles. The SMILES string of the molecule is CCCCn1c(C)c(C)c2c1ncn1nc(-c3ccc(OC)c(OC)c3)nc21. The van der Waals surface area contributed by atoms with Crippen LogP contribution in [0.5, 0.6) is 11.5 Å². The molecule has 0 saturated heterocycles. The van der Waals surface area contributed by atoms with Gasteiger partial charge in [0, 0.05) is 17.8 Å². The van der Waals surface area contributed by atoms with E-state index in [-0.39, 0.29) is 0 Å². The Balaban J connectivity index is 1.89. The quantitative estimate of drug-likeness (QED) is 0.503. The summed E-state index contributed by atoms with van der Waals surface area (Å²) in [5.41, 5.74) is 5.11. The van der Waals surface area contributed by atoms with Crippen molar-refractivity contribution in [3.63, 3.8) is 0 Å². The number of benzene rings is 1. The van der Waals surface area contributed by atoms with Gasteiger partial charge in [-0.1, -0.05) is 13.3 Å². The predicted octanol–water partition coefficient (Wildman–Crippen LogP) is 4.18. The van der Waals surface area contributed by atoms with Gasteiger partial charge in [0.1, 0.15) is 12.0 Å². The van der Waals surface area contributed by atoms with E-state index in [0.29, 0.717) is 17.3 Å². The zero-order valence-electron chi connectivity index (χ0n) is 17.0. The molecule has 0 fully saturated rings. The number of aromatic nitrogens is 5. The maximum atomic E-state index is 5.42. The van der Waals surface area contributed by atoms with Crippen molar-refractivity contribution in [3.05, 3.63) is 35.8 Å². The Morgan fingerprint density at radius 1 is 1.04 bits per heavy atom. The summed E-state index contributed by atoms with van der Waals surface area (Å²) >= 11 is 0. The average molecular weight is 379 g/mol. The molecule has 7 nitrogen and oxygen atoms in total. The van der Waals surface area contributed by atoms with Crippen LogP contribution in [-0.4, -0.2) is 38.4 Å². The number of methoxy groups -OCH3 is 2. The molecule has 0 aliphatic heterocycles. The molecule has 0 saturated carbocycles. The molecule has 4 aromatic rings. The summed E-state index contributed by atoms with van der Waals surface area (Å²) in [6.07, 6.45) is 4.02. The highest BCUT2D eigenvalue weighted by molar-refractivity contribution is 5.94. The van der Waals surface area contributed by atoms with Crippen LogP contribution in [0.1, 0.15) is 31.0 Å². The van der Waals surface area contributed by atoms with Crippen LogP contribution in [0.25, 0.3) is 28.1 Å². The molecule has 0 aliphatic rings. The van der Waals surface area contributed by atoms with Gasteiger partial charge in [-0.2, -0.15) is 0 Å². The van der Waals surface area contributed by atoms with E-state index in [1.807, 2.05) is 18.2 Å². The van der Waals surface area contributed by atoms with Crippen LogP contribution in [0.3, 0.4) is 0 Å². The van der Waals surface area contributed by atoms with Crippen LogP contribution >= 0.6 is 0 Å².